The summed E-state index contributed by atoms with van der Waals surface area (Å²) in [7, 11) is 0. The van der Waals surface area contributed by atoms with E-state index in [1.165, 1.54) is 5.56 Å². The van der Waals surface area contributed by atoms with E-state index in [2.05, 4.69) is 48.7 Å². The summed E-state index contributed by atoms with van der Waals surface area (Å²) in [6, 6.07) is 8.00. The summed E-state index contributed by atoms with van der Waals surface area (Å²) in [5.74, 6) is 0. The van der Waals surface area contributed by atoms with Crippen LogP contribution in [0.1, 0.15) is 23.7 Å². The minimum Gasteiger partial charge on any atom is -0.388 e. The largest absolute Gasteiger partial charge is 0.388 e. The van der Waals surface area contributed by atoms with E-state index in [-0.39, 0.29) is 0 Å². The molecule has 0 saturated carbocycles. The second-order valence-electron chi connectivity index (χ2n) is 3.89. The van der Waals surface area contributed by atoms with Gasteiger partial charge in [-0.05, 0) is 59.0 Å². The zero-order valence-corrected chi connectivity index (χ0v) is 13.1. The summed E-state index contributed by atoms with van der Waals surface area (Å²) in [5.41, 5.74) is 2.24. The molecule has 90 valence electrons. The Hall–Kier alpha value is -0.160. The van der Waals surface area contributed by atoms with E-state index >= 15 is 0 Å². The highest BCUT2D eigenvalue weighted by molar-refractivity contribution is 9.11. The predicted octanol–water partition coefficient (Wildman–Crippen LogP) is 4.94. The molecule has 1 aromatic carbocycles. The Kier molecular flexibility index (Phi) is 4.79. The summed E-state index contributed by atoms with van der Waals surface area (Å²) in [6.07, 6.45) is 1.25. The predicted molar refractivity (Wildman–Crippen MR) is 79.4 cm³/mol. The number of benzene rings is 1. The van der Waals surface area contributed by atoms with Crippen LogP contribution in [0.4, 0.5) is 0 Å². The van der Waals surface area contributed by atoms with Gasteiger partial charge in [0.05, 0.1) is 6.10 Å². The van der Waals surface area contributed by atoms with E-state index in [1.807, 2.05) is 18.2 Å². The SMILES string of the molecule is OC(CCc1ccsc1)c1cc(Br)cc(Br)c1. The fourth-order valence-corrected chi connectivity index (χ4v) is 3.70. The van der Waals surface area contributed by atoms with E-state index in [4.69, 9.17) is 0 Å². The van der Waals surface area contributed by atoms with Crippen LogP contribution in [0.25, 0.3) is 0 Å². The molecule has 1 nitrogen and oxygen atoms in total. The van der Waals surface area contributed by atoms with Crippen LogP contribution in [-0.4, -0.2) is 5.11 Å². The molecule has 0 aliphatic carbocycles. The summed E-state index contributed by atoms with van der Waals surface area (Å²) < 4.78 is 1.97. The lowest BCUT2D eigenvalue weighted by Crippen LogP contribution is -1.99. The first-order valence-electron chi connectivity index (χ1n) is 5.30. The molecule has 1 atom stereocenters. The second-order valence-corrected chi connectivity index (χ2v) is 6.50. The molecule has 0 bridgehead atoms. The Bertz CT molecular complexity index is 462. The number of hydrogen-bond acceptors (Lipinski definition) is 2. The van der Waals surface area contributed by atoms with Crippen LogP contribution in [0.2, 0.25) is 0 Å². The van der Waals surface area contributed by atoms with Crippen LogP contribution in [0.5, 0.6) is 0 Å². The molecule has 0 radical (unpaired) electrons. The number of aliphatic hydroxyl groups excluding tert-OH is 1. The molecule has 2 aromatic rings. The van der Waals surface area contributed by atoms with E-state index in [0.717, 1.165) is 27.4 Å². The molecule has 0 aliphatic rings. The molecule has 1 aromatic heterocycles. The first kappa shape index (κ1) is 13.3. The van der Waals surface area contributed by atoms with Gasteiger partial charge in [-0.2, -0.15) is 11.3 Å². The molecule has 0 aliphatic heterocycles. The molecular weight excluding hydrogens is 364 g/mol. The van der Waals surface area contributed by atoms with Gasteiger partial charge >= 0.3 is 0 Å². The minimum atomic E-state index is -0.413. The van der Waals surface area contributed by atoms with E-state index in [0.29, 0.717) is 0 Å². The molecule has 2 rings (SSSR count). The molecule has 17 heavy (non-hydrogen) atoms. The molecule has 1 unspecified atom stereocenters. The van der Waals surface area contributed by atoms with E-state index in [1.54, 1.807) is 11.3 Å². The standard InChI is InChI=1S/C13H12Br2OS/c14-11-5-10(6-12(15)7-11)13(16)2-1-9-3-4-17-8-9/h3-8,13,16H,1-2H2. The van der Waals surface area contributed by atoms with Crippen LogP contribution < -0.4 is 0 Å². The van der Waals surface area contributed by atoms with Crippen LogP contribution >= 0.6 is 43.2 Å². The Morgan fingerprint density at radius 1 is 1.18 bits per heavy atom. The van der Waals surface area contributed by atoms with Crippen molar-refractivity contribution in [2.24, 2.45) is 0 Å². The van der Waals surface area contributed by atoms with Gasteiger partial charge in [0.1, 0.15) is 0 Å². The Morgan fingerprint density at radius 3 is 2.47 bits per heavy atom. The zero-order valence-electron chi connectivity index (χ0n) is 9.07. The van der Waals surface area contributed by atoms with Crippen LogP contribution in [-0.2, 0) is 6.42 Å². The van der Waals surface area contributed by atoms with Crippen LogP contribution in [0.3, 0.4) is 0 Å². The maximum absolute atomic E-state index is 10.1. The molecule has 0 amide bonds. The summed E-state index contributed by atoms with van der Waals surface area (Å²) in [5, 5.41) is 14.3. The number of aryl methyl sites for hydroxylation is 1. The maximum atomic E-state index is 10.1. The topological polar surface area (TPSA) is 20.2 Å². The summed E-state index contributed by atoms with van der Waals surface area (Å²) in [4.78, 5) is 0. The quantitative estimate of drug-likeness (QED) is 0.802. The van der Waals surface area contributed by atoms with Crippen molar-refractivity contribution in [3.8, 4) is 0 Å². The smallest absolute Gasteiger partial charge is 0.0794 e. The maximum Gasteiger partial charge on any atom is 0.0794 e. The van der Waals surface area contributed by atoms with Gasteiger partial charge in [-0.3, -0.25) is 0 Å². The Balaban J connectivity index is 2.01. The molecule has 0 saturated heterocycles. The third kappa shape index (κ3) is 3.91. The fraction of sp³-hybridized carbons (Fsp3) is 0.231. The van der Waals surface area contributed by atoms with Gasteiger partial charge in [0.15, 0.2) is 0 Å². The lowest BCUT2D eigenvalue weighted by atomic mass is 10.0. The Labute approximate surface area is 122 Å². The average Bonchev–Trinajstić information content (AvgIpc) is 2.77. The van der Waals surface area contributed by atoms with E-state index in [9.17, 15) is 5.11 Å². The lowest BCUT2D eigenvalue weighted by Gasteiger charge is -2.11. The number of thiophene rings is 1. The van der Waals surface area contributed by atoms with Crippen molar-refractivity contribution >= 4 is 43.2 Å². The van der Waals surface area contributed by atoms with Gasteiger partial charge in [0.2, 0.25) is 0 Å². The molecule has 4 heteroatoms. The highest BCUT2D eigenvalue weighted by Gasteiger charge is 2.09. The van der Waals surface area contributed by atoms with Crippen LogP contribution in [0.15, 0.2) is 44.0 Å². The third-order valence-electron chi connectivity index (χ3n) is 2.56. The normalized spacial score (nSPS) is 12.6. The molecule has 1 heterocycles. The highest BCUT2D eigenvalue weighted by atomic mass is 79.9. The third-order valence-corrected chi connectivity index (χ3v) is 4.20. The van der Waals surface area contributed by atoms with Crippen molar-refractivity contribution in [2.75, 3.05) is 0 Å². The van der Waals surface area contributed by atoms with Crippen molar-refractivity contribution in [1.82, 2.24) is 0 Å². The fourth-order valence-electron chi connectivity index (χ4n) is 1.67. The molecule has 0 fully saturated rings. The monoisotopic (exact) mass is 374 g/mol. The van der Waals surface area contributed by atoms with Gasteiger partial charge in [0.25, 0.3) is 0 Å². The van der Waals surface area contributed by atoms with Crippen molar-refractivity contribution in [3.63, 3.8) is 0 Å². The summed E-state index contributed by atoms with van der Waals surface area (Å²) in [6.45, 7) is 0. The van der Waals surface area contributed by atoms with Gasteiger partial charge in [-0.25, -0.2) is 0 Å². The van der Waals surface area contributed by atoms with Crippen molar-refractivity contribution in [3.05, 3.63) is 55.1 Å². The zero-order chi connectivity index (χ0) is 12.3. The highest BCUT2D eigenvalue weighted by Crippen LogP contribution is 2.26. The van der Waals surface area contributed by atoms with Gasteiger partial charge in [-0.15, -0.1) is 0 Å². The van der Waals surface area contributed by atoms with Gasteiger partial charge in [-0.1, -0.05) is 31.9 Å². The molecular formula is C13H12Br2OS. The second kappa shape index (κ2) is 6.14. The Morgan fingerprint density at radius 2 is 1.88 bits per heavy atom. The van der Waals surface area contributed by atoms with Gasteiger partial charge < -0.3 is 5.11 Å². The average molecular weight is 376 g/mol. The molecule has 0 spiro atoms. The van der Waals surface area contributed by atoms with Gasteiger partial charge in [0, 0.05) is 8.95 Å². The number of hydrogen-bond donors (Lipinski definition) is 1. The van der Waals surface area contributed by atoms with Crippen LogP contribution in [0, 0.1) is 0 Å². The first-order valence-corrected chi connectivity index (χ1v) is 7.83. The van der Waals surface area contributed by atoms with E-state index < -0.39 is 6.10 Å². The minimum absolute atomic E-state index is 0.413. The summed E-state index contributed by atoms with van der Waals surface area (Å²) >= 11 is 8.56. The number of halogens is 2. The lowest BCUT2D eigenvalue weighted by molar-refractivity contribution is 0.168. The molecule has 1 N–H and O–H groups in total. The van der Waals surface area contributed by atoms with Crippen molar-refractivity contribution in [2.45, 2.75) is 18.9 Å². The number of aliphatic hydroxyl groups is 1. The van der Waals surface area contributed by atoms with Crippen molar-refractivity contribution < 1.29 is 5.11 Å². The first-order chi connectivity index (χ1) is 8.15. The number of rotatable bonds is 4. The van der Waals surface area contributed by atoms with Crippen molar-refractivity contribution in [1.29, 1.82) is 0 Å².